The molecule has 1 aromatic carbocycles. The lowest BCUT2D eigenvalue weighted by molar-refractivity contribution is -0.145. The maximum absolute atomic E-state index is 11.2. The van der Waals surface area contributed by atoms with E-state index in [4.69, 9.17) is 4.74 Å². The van der Waals surface area contributed by atoms with Gasteiger partial charge in [0.1, 0.15) is 5.75 Å². The average molecular weight is 344 g/mol. The molecule has 0 aliphatic heterocycles. The lowest BCUT2D eigenvalue weighted by Gasteiger charge is -2.19. The van der Waals surface area contributed by atoms with Crippen molar-refractivity contribution in [1.82, 2.24) is 5.32 Å². The van der Waals surface area contributed by atoms with Gasteiger partial charge < -0.3 is 15.2 Å². The quantitative estimate of drug-likeness (QED) is 0.757. The molecule has 0 amide bonds. The van der Waals surface area contributed by atoms with Crippen LogP contribution in [0.5, 0.6) is 5.75 Å². The highest BCUT2D eigenvalue weighted by molar-refractivity contribution is 9.10. The summed E-state index contributed by atoms with van der Waals surface area (Å²) in [5.74, 6) is -0.313. The summed E-state index contributed by atoms with van der Waals surface area (Å²) in [6.07, 6.45) is 0.450. The van der Waals surface area contributed by atoms with Crippen molar-refractivity contribution in [2.45, 2.75) is 52.3 Å². The molecule has 0 radical (unpaired) electrons. The zero-order valence-electron chi connectivity index (χ0n) is 12.1. The van der Waals surface area contributed by atoms with Crippen molar-refractivity contribution in [3.8, 4) is 5.75 Å². The van der Waals surface area contributed by atoms with E-state index < -0.39 is 12.1 Å². The number of nitrogens with one attached hydrogen (secondary N) is 1. The largest absolute Gasteiger partial charge is 0.479 e. The third-order valence-electron chi connectivity index (χ3n) is 2.84. The van der Waals surface area contributed by atoms with Gasteiger partial charge in [0.2, 0.25) is 0 Å². The fourth-order valence-electron chi connectivity index (χ4n) is 1.78. The van der Waals surface area contributed by atoms with Crippen molar-refractivity contribution in [3.05, 3.63) is 28.2 Å². The van der Waals surface area contributed by atoms with Crippen molar-refractivity contribution < 1.29 is 14.6 Å². The SMILES string of the molecule is CCCC(Oc1c(Br)cccc1CNC(C)C)C(=O)O. The van der Waals surface area contributed by atoms with E-state index in [0.29, 0.717) is 24.8 Å². The van der Waals surface area contributed by atoms with Crippen LogP contribution in [0.15, 0.2) is 22.7 Å². The monoisotopic (exact) mass is 343 g/mol. The number of hydrogen-bond donors (Lipinski definition) is 2. The highest BCUT2D eigenvalue weighted by Gasteiger charge is 2.21. The summed E-state index contributed by atoms with van der Waals surface area (Å²) in [7, 11) is 0. The van der Waals surface area contributed by atoms with Gasteiger partial charge in [0.25, 0.3) is 0 Å². The number of carboxylic acid groups (broad SMARTS) is 1. The van der Waals surface area contributed by atoms with Crippen molar-refractivity contribution in [1.29, 1.82) is 0 Å². The summed E-state index contributed by atoms with van der Waals surface area (Å²) in [5, 5.41) is 12.5. The summed E-state index contributed by atoms with van der Waals surface area (Å²) in [6, 6.07) is 6.08. The Kier molecular flexibility index (Phi) is 7.02. The van der Waals surface area contributed by atoms with Crippen LogP contribution >= 0.6 is 15.9 Å². The molecule has 0 fully saturated rings. The molecule has 20 heavy (non-hydrogen) atoms. The standard InChI is InChI=1S/C15H22BrNO3/c1-4-6-13(15(18)19)20-14-11(9-17-10(2)3)7-5-8-12(14)16/h5,7-8,10,13,17H,4,6,9H2,1-3H3,(H,18,19). The summed E-state index contributed by atoms with van der Waals surface area (Å²) >= 11 is 3.44. The molecule has 0 saturated carbocycles. The molecule has 0 aliphatic rings. The Balaban J connectivity index is 2.93. The second kappa shape index (κ2) is 8.27. The third kappa shape index (κ3) is 5.13. The van der Waals surface area contributed by atoms with Crippen LogP contribution in [0, 0.1) is 0 Å². The van der Waals surface area contributed by atoms with Gasteiger partial charge in [-0.1, -0.05) is 39.3 Å². The number of rotatable bonds is 8. The Labute approximate surface area is 128 Å². The van der Waals surface area contributed by atoms with E-state index in [-0.39, 0.29) is 0 Å². The Morgan fingerprint density at radius 1 is 1.45 bits per heavy atom. The maximum atomic E-state index is 11.2. The first kappa shape index (κ1) is 17.0. The minimum absolute atomic E-state index is 0.354. The molecular weight excluding hydrogens is 322 g/mol. The van der Waals surface area contributed by atoms with E-state index in [2.05, 4.69) is 35.1 Å². The molecule has 0 saturated heterocycles. The lowest BCUT2D eigenvalue weighted by Crippen LogP contribution is -2.28. The molecule has 112 valence electrons. The van der Waals surface area contributed by atoms with Crippen molar-refractivity contribution in [3.63, 3.8) is 0 Å². The Morgan fingerprint density at radius 3 is 2.70 bits per heavy atom. The number of carbonyl (C=O) groups is 1. The Morgan fingerprint density at radius 2 is 2.15 bits per heavy atom. The molecule has 0 aliphatic carbocycles. The van der Waals surface area contributed by atoms with Crippen molar-refractivity contribution >= 4 is 21.9 Å². The molecule has 4 nitrogen and oxygen atoms in total. The molecule has 1 aromatic rings. The first-order chi connectivity index (χ1) is 9.45. The van der Waals surface area contributed by atoms with Gasteiger partial charge in [0.05, 0.1) is 4.47 Å². The van der Waals surface area contributed by atoms with Gasteiger partial charge in [-0.2, -0.15) is 0 Å². The molecular formula is C15H22BrNO3. The fraction of sp³-hybridized carbons (Fsp3) is 0.533. The van der Waals surface area contributed by atoms with Gasteiger partial charge >= 0.3 is 5.97 Å². The van der Waals surface area contributed by atoms with E-state index in [0.717, 1.165) is 16.5 Å². The topological polar surface area (TPSA) is 58.6 Å². The van der Waals surface area contributed by atoms with Crippen LogP contribution in [0.25, 0.3) is 0 Å². The molecule has 0 bridgehead atoms. The van der Waals surface area contributed by atoms with Crippen LogP contribution in [0.3, 0.4) is 0 Å². The molecule has 0 spiro atoms. The molecule has 0 heterocycles. The van der Waals surface area contributed by atoms with Gasteiger partial charge in [-0.3, -0.25) is 0 Å². The smallest absolute Gasteiger partial charge is 0.344 e. The number of para-hydroxylation sites is 1. The number of aliphatic carboxylic acids is 1. The minimum atomic E-state index is -0.926. The second-order valence-electron chi connectivity index (χ2n) is 5.00. The normalized spacial score (nSPS) is 12.4. The first-order valence-electron chi connectivity index (χ1n) is 6.86. The van der Waals surface area contributed by atoms with E-state index >= 15 is 0 Å². The Bertz CT molecular complexity index is 449. The van der Waals surface area contributed by atoms with Gasteiger partial charge in [-0.05, 0) is 28.4 Å². The molecule has 5 heteroatoms. The third-order valence-corrected chi connectivity index (χ3v) is 3.46. The highest BCUT2D eigenvalue weighted by Crippen LogP contribution is 2.30. The van der Waals surface area contributed by atoms with E-state index in [1.807, 2.05) is 25.1 Å². The van der Waals surface area contributed by atoms with Crippen molar-refractivity contribution in [2.75, 3.05) is 0 Å². The first-order valence-corrected chi connectivity index (χ1v) is 7.65. The molecule has 2 N–H and O–H groups in total. The molecule has 0 aromatic heterocycles. The van der Waals surface area contributed by atoms with Crippen LogP contribution in [0.4, 0.5) is 0 Å². The number of benzene rings is 1. The van der Waals surface area contributed by atoms with Gasteiger partial charge in [0.15, 0.2) is 6.10 Å². The van der Waals surface area contributed by atoms with Crippen LogP contribution in [-0.2, 0) is 11.3 Å². The molecule has 1 atom stereocenters. The predicted molar refractivity (Wildman–Crippen MR) is 83.1 cm³/mol. The van der Waals surface area contributed by atoms with Crippen molar-refractivity contribution in [2.24, 2.45) is 0 Å². The van der Waals surface area contributed by atoms with Crippen LogP contribution in [-0.4, -0.2) is 23.2 Å². The van der Waals surface area contributed by atoms with Crippen LogP contribution in [0.1, 0.15) is 39.2 Å². The molecule has 1 unspecified atom stereocenters. The summed E-state index contributed by atoms with van der Waals surface area (Å²) in [4.78, 5) is 11.2. The number of ether oxygens (including phenoxy) is 1. The molecule has 1 rings (SSSR count). The van der Waals surface area contributed by atoms with Gasteiger partial charge in [0, 0.05) is 18.2 Å². The number of carboxylic acids is 1. The maximum Gasteiger partial charge on any atom is 0.344 e. The summed E-state index contributed by atoms with van der Waals surface area (Å²) in [5.41, 5.74) is 0.954. The fourth-order valence-corrected chi connectivity index (χ4v) is 2.28. The van der Waals surface area contributed by atoms with Gasteiger partial charge in [-0.25, -0.2) is 4.79 Å². The second-order valence-corrected chi connectivity index (χ2v) is 5.85. The Hall–Kier alpha value is -1.07. The number of hydrogen-bond acceptors (Lipinski definition) is 3. The highest BCUT2D eigenvalue weighted by atomic mass is 79.9. The van der Waals surface area contributed by atoms with Crippen LogP contribution < -0.4 is 10.1 Å². The average Bonchev–Trinajstić information content (AvgIpc) is 2.38. The summed E-state index contributed by atoms with van der Waals surface area (Å²) in [6.45, 7) is 6.72. The predicted octanol–water partition coefficient (Wildman–Crippen LogP) is 3.58. The van der Waals surface area contributed by atoms with E-state index in [9.17, 15) is 9.90 Å². The van der Waals surface area contributed by atoms with Gasteiger partial charge in [-0.15, -0.1) is 0 Å². The number of halogens is 1. The van der Waals surface area contributed by atoms with E-state index in [1.54, 1.807) is 0 Å². The lowest BCUT2D eigenvalue weighted by atomic mass is 10.1. The zero-order valence-corrected chi connectivity index (χ0v) is 13.7. The van der Waals surface area contributed by atoms with Crippen LogP contribution in [0.2, 0.25) is 0 Å². The minimum Gasteiger partial charge on any atom is -0.479 e. The zero-order chi connectivity index (χ0) is 15.1. The van der Waals surface area contributed by atoms with E-state index in [1.165, 1.54) is 0 Å². The summed E-state index contributed by atoms with van der Waals surface area (Å²) < 4.78 is 6.50.